The van der Waals surface area contributed by atoms with E-state index in [2.05, 4.69) is 10.3 Å². The normalized spacial score (nSPS) is 29.1. The first-order valence-corrected chi connectivity index (χ1v) is 7.71. The van der Waals surface area contributed by atoms with Gasteiger partial charge < -0.3 is 19.9 Å². The summed E-state index contributed by atoms with van der Waals surface area (Å²) in [7, 11) is 1.49. The first-order valence-electron chi connectivity index (χ1n) is 7.71. The molecule has 1 saturated carbocycles. The molecule has 2 heterocycles. The minimum atomic E-state index is -0.752. The van der Waals surface area contributed by atoms with Crippen molar-refractivity contribution in [2.24, 2.45) is 5.92 Å². The van der Waals surface area contributed by atoms with Crippen LogP contribution >= 0.6 is 0 Å². The van der Waals surface area contributed by atoms with E-state index in [-0.39, 0.29) is 29.2 Å². The van der Waals surface area contributed by atoms with Gasteiger partial charge in [0.05, 0.1) is 24.7 Å². The summed E-state index contributed by atoms with van der Waals surface area (Å²) in [5, 5.41) is 11.8. The highest BCUT2D eigenvalue weighted by Crippen LogP contribution is 2.49. The first kappa shape index (κ1) is 15.7. The van der Waals surface area contributed by atoms with E-state index in [0.29, 0.717) is 25.1 Å². The number of ether oxygens (including phenoxy) is 2. The van der Waals surface area contributed by atoms with Gasteiger partial charge in [0.2, 0.25) is 0 Å². The third kappa shape index (κ3) is 3.14. The van der Waals surface area contributed by atoms with E-state index >= 15 is 0 Å². The summed E-state index contributed by atoms with van der Waals surface area (Å²) in [6, 6.07) is 3.39. The van der Waals surface area contributed by atoms with Crippen molar-refractivity contribution < 1.29 is 24.2 Å². The van der Waals surface area contributed by atoms with E-state index in [0.717, 1.165) is 12.8 Å². The van der Waals surface area contributed by atoms with Gasteiger partial charge in [0, 0.05) is 12.7 Å². The third-order valence-corrected chi connectivity index (χ3v) is 4.62. The van der Waals surface area contributed by atoms with E-state index in [1.54, 1.807) is 18.3 Å². The molecule has 2 aliphatic rings. The Kier molecular flexibility index (Phi) is 4.21. The molecule has 7 nitrogen and oxygen atoms in total. The highest BCUT2D eigenvalue weighted by atomic mass is 16.5. The molecule has 1 amide bonds. The maximum Gasteiger partial charge on any atom is 0.306 e. The second-order valence-corrected chi connectivity index (χ2v) is 6.17. The maximum absolute atomic E-state index is 12.2. The average Bonchev–Trinajstić information content (AvgIpc) is 2.95. The van der Waals surface area contributed by atoms with Gasteiger partial charge in [0.15, 0.2) is 5.69 Å². The molecule has 23 heavy (non-hydrogen) atoms. The zero-order valence-corrected chi connectivity index (χ0v) is 12.9. The smallest absolute Gasteiger partial charge is 0.306 e. The fourth-order valence-electron chi connectivity index (χ4n) is 3.37. The fourth-order valence-corrected chi connectivity index (χ4v) is 3.37. The molecule has 2 N–H and O–H groups in total. The van der Waals surface area contributed by atoms with Gasteiger partial charge in [-0.1, -0.05) is 0 Å². The lowest BCUT2D eigenvalue weighted by Gasteiger charge is -2.42. The predicted molar refractivity (Wildman–Crippen MR) is 80.3 cm³/mol. The Bertz CT molecular complexity index is 612. The number of pyridine rings is 1. The van der Waals surface area contributed by atoms with E-state index < -0.39 is 5.97 Å². The van der Waals surface area contributed by atoms with Crippen LogP contribution in [-0.2, 0) is 9.53 Å². The van der Waals surface area contributed by atoms with Crippen molar-refractivity contribution in [3.05, 3.63) is 24.0 Å². The number of hydrogen-bond acceptors (Lipinski definition) is 5. The Hall–Kier alpha value is -2.15. The van der Waals surface area contributed by atoms with Gasteiger partial charge in [-0.2, -0.15) is 0 Å². The molecule has 1 saturated heterocycles. The molecule has 1 aromatic rings. The SMILES string of the molecule is COc1cccnc1C(=O)NCC1CCC2(CC(C(=O)O)C2)O1. The van der Waals surface area contributed by atoms with Crippen LogP contribution < -0.4 is 10.1 Å². The number of carbonyl (C=O) groups is 2. The number of carbonyl (C=O) groups excluding carboxylic acids is 1. The van der Waals surface area contributed by atoms with Crippen LogP contribution in [0.1, 0.15) is 36.2 Å². The molecule has 1 aliphatic carbocycles. The highest BCUT2D eigenvalue weighted by molar-refractivity contribution is 5.94. The number of aliphatic carboxylic acids is 1. The molecule has 1 unspecified atom stereocenters. The van der Waals surface area contributed by atoms with Gasteiger partial charge in [0.1, 0.15) is 5.75 Å². The van der Waals surface area contributed by atoms with Crippen LogP contribution in [0.25, 0.3) is 0 Å². The van der Waals surface area contributed by atoms with Crippen molar-refractivity contribution in [1.82, 2.24) is 10.3 Å². The lowest BCUT2D eigenvalue weighted by atomic mass is 9.69. The molecule has 124 valence electrons. The molecule has 1 spiro atoms. The predicted octanol–water partition coefficient (Wildman–Crippen LogP) is 1.23. The second-order valence-electron chi connectivity index (χ2n) is 6.17. The molecule has 2 fully saturated rings. The number of carboxylic acid groups (broad SMARTS) is 1. The number of nitrogens with one attached hydrogen (secondary N) is 1. The third-order valence-electron chi connectivity index (χ3n) is 4.62. The number of rotatable bonds is 5. The highest BCUT2D eigenvalue weighted by Gasteiger charge is 2.52. The molecule has 3 rings (SSSR count). The molecule has 0 radical (unpaired) electrons. The Labute approximate surface area is 134 Å². The number of aromatic nitrogens is 1. The van der Waals surface area contributed by atoms with Gasteiger partial charge in [0.25, 0.3) is 5.91 Å². The summed E-state index contributed by atoms with van der Waals surface area (Å²) in [6.07, 6.45) is 4.28. The van der Waals surface area contributed by atoms with Crippen LogP contribution in [0.3, 0.4) is 0 Å². The van der Waals surface area contributed by atoms with Crippen LogP contribution in [0.15, 0.2) is 18.3 Å². The summed E-state index contributed by atoms with van der Waals surface area (Å²) in [5.41, 5.74) is -0.0430. The maximum atomic E-state index is 12.2. The van der Waals surface area contributed by atoms with Crippen molar-refractivity contribution in [1.29, 1.82) is 0 Å². The Morgan fingerprint density at radius 3 is 3.00 bits per heavy atom. The van der Waals surface area contributed by atoms with Crippen LogP contribution in [0.4, 0.5) is 0 Å². The first-order chi connectivity index (χ1) is 11.0. The Morgan fingerprint density at radius 2 is 2.30 bits per heavy atom. The molecule has 0 aromatic carbocycles. The summed E-state index contributed by atoms with van der Waals surface area (Å²) in [6.45, 7) is 0.387. The largest absolute Gasteiger partial charge is 0.494 e. The lowest BCUT2D eigenvalue weighted by Crippen LogP contribution is -2.47. The van der Waals surface area contributed by atoms with E-state index in [1.165, 1.54) is 7.11 Å². The van der Waals surface area contributed by atoms with Gasteiger partial charge in [-0.15, -0.1) is 0 Å². The molecule has 7 heteroatoms. The minimum Gasteiger partial charge on any atom is -0.494 e. The molecular formula is C16H20N2O5. The van der Waals surface area contributed by atoms with Crippen molar-refractivity contribution in [2.45, 2.75) is 37.4 Å². The Morgan fingerprint density at radius 1 is 1.52 bits per heavy atom. The van der Waals surface area contributed by atoms with Gasteiger partial charge in [-0.3, -0.25) is 9.59 Å². The number of hydrogen-bond donors (Lipinski definition) is 2. The number of methoxy groups -OCH3 is 1. The van der Waals surface area contributed by atoms with Gasteiger partial charge >= 0.3 is 5.97 Å². The molecule has 1 atom stereocenters. The second kappa shape index (κ2) is 6.16. The summed E-state index contributed by atoms with van der Waals surface area (Å²) in [5.74, 6) is -0.916. The van der Waals surface area contributed by atoms with E-state index in [4.69, 9.17) is 14.6 Å². The van der Waals surface area contributed by atoms with E-state index in [1.807, 2.05) is 0 Å². The fraction of sp³-hybridized carbons (Fsp3) is 0.562. The zero-order valence-electron chi connectivity index (χ0n) is 12.9. The monoisotopic (exact) mass is 320 g/mol. The summed E-state index contributed by atoms with van der Waals surface area (Å²) < 4.78 is 11.1. The van der Waals surface area contributed by atoms with Gasteiger partial charge in [-0.25, -0.2) is 4.98 Å². The minimum absolute atomic E-state index is 0.0802. The lowest BCUT2D eigenvalue weighted by molar-refractivity contribution is -0.164. The summed E-state index contributed by atoms with van der Waals surface area (Å²) >= 11 is 0. The zero-order chi connectivity index (χ0) is 16.4. The van der Waals surface area contributed by atoms with Crippen molar-refractivity contribution in [3.63, 3.8) is 0 Å². The van der Waals surface area contributed by atoms with E-state index in [9.17, 15) is 9.59 Å². The van der Waals surface area contributed by atoms with Crippen LogP contribution in [0, 0.1) is 5.92 Å². The van der Waals surface area contributed by atoms with Crippen LogP contribution in [0.5, 0.6) is 5.75 Å². The Balaban J connectivity index is 1.50. The molecule has 0 bridgehead atoms. The topological polar surface area (TPSA) is 97.8 Å². The van der Waals surface area contributed by atoms with Crippen molar-refractivity contribution in [3.8, 4) is 5.75 Å². The van der Waals surface area contributed by atoms with Gasteiger partial charge in [-0.05, 0) is 37.8 Å². The quantitative estimate of drug-likeness (QED) is 0.847. The van der Waals surface area contributed by atoms with Crippen LogP contribution in [-0.4, -0.2) is 47.3 Å². The number of carboxylic acids is 1. The van der Waals surface area contributed by atoms with Crippen molar-refractivity contribution in [2.75, 3.05) is 13.7 Å². The molecule has 1 aromatic heterocycles. The summed E-state index contributed by atoms with van der Waals surface area (Å²) in [4.78, 5) is 27.1. The van der Waals surface area contributed by atoms with Crippen molar-refractivity contribution >= 4 is 11.9 Å². The average molecular weight is 320 g/mol. The molecular weight excluding hydrogens is 300 g/mol. The molecule has 1 aliphatic heterocycles. The number of nitrogens with zero attached hydrogens (tertiary/aromatic N) is 1. The standard InChI is InChI=1S/C16H20N2O5/c1-22-12-3-2-6-17-13(12)14(19)18-9-11-4-5-16(23-11)7-10(8-16)15(20)21/h2-3,6,10-11H,4-5,7-9H2,1H3,(H,18,19)(H,20,21). The van der Waals surface area contributed by atoms with Crippen LogP contribution in [0.2, 0.25) is 0 Å². The number of amides is 1.